The van der Waals surface area contributed by atoms with Crippen molar-refractivity contribution in [3.63, 3.8) is 0 Å². The van der Waals surface area contributed by atoms with Crippen LogP contribution < -0.4 is 10.1 Å². The van der Waals surface area contributed by atoms with Gasteiger partial charge in [0, 0.05) is 24.7 Å². The Kier molecular flexibility index (Phi) is 5.17. The van der Waals surface area contributed by atoms with Crippen molar-refractivity contribution >= 4 is 17.7 Å². The Morgan fingerprint density at radius 1 is 1.21 bits per heavy atom. The van der Waals surface area contributed by atoms with Gasteiger partial charge in [-0.1, -0.05) is 18.2 Å². The number of ether oxygens (including phenoxy) is 1. The SMILES string of the molecule is CN(C(=O)O)[C@H]1CCOc2c(C(=O)Nc3cccc(C(F)(F)F)c3)cccc21. The lowest BCUT2D eigenvalue weighted by molar-refractivity contribution is -0.137. The lowest BCUT2D eigenvalue weighted by Gasteiger charge is -2.32. The molecule has 0 spiro atoms. The molecule has 3 rings (SSSR count). The fourth-order valence-electron chi connectivity index (χ4n) is 3.09. The maximum Gasteiger partial charge on any atom is 0.416 e. The molecule has 0 saturated heterocycles. The number of amides is 2. The van der Waals surface area contributed by atoms with Gasteiger partial charge in [0.25, 0.3) is 5.91 Å². The van der Waals surface area contributed by atoms with Crippen LogP contribution in [0.15, 0.2) is 42.5 Å². The maximum atomic E-state index is 12.9. The molecule has 0 aromatic heterocycles. The van der Waals surface area contributed by atoms with E-state index in [0.717, 1.165) is 17.0 Å². The van der Waals surface area contributed by atoms with Gasteiger partial charge in [0.15, 0.2) is 0 Å². The molecule has 148 valence electrons. The number of para-hydroxylation sites is 1. The molecule has 2 N–H and O–H groups in total. The van der Waals surface area contributed by atoms with Gasteiger partial charge in [-0.05, 0) is 24.3 Å². The van der Waals surface area contributed by atoms with Crippen molar-refractivity contribution in [2.75, 3.05) is 19.0 Å². The van der Waals surface area contributed by atoms with E-state index in [1.165, 1.54) is 25.2 Å². The van der Waals surface area contributed by atoms with Gasteiger partial charge in [0.05, 0.1) is 23.8 Å². The van der Waals surface area contributed by atoms with Crippen molar-refractivity contribution in [1.82, 2.24) is 4.90 Å². The normalized spacial score (nSPS) is 15.9. The van der Waals surface area contributed by atoms with E-state index in [0.29, 0.717) is 12.0 Å². The molecule has 0 aliphatic carbocycles. The standard InChI is InChI=1S/C19H17F3N2O4/c1-24(18(26)27)15-8-9-28-16-13(15)6-3-7-14(16)17(25)23-12-5-2-4-11(10-12)19(20,21)22/h2-7,10,15H,8-9H2,1H3,(H,23,25)(H,26,27)/t15-/m0/s1. The van der Waals surface area contributed by atoms with Crippen LogP contribution >= 0.6 is 0 Å². The molecule has 28 heavy (non-hydrogen) atoms. The van der Waals surface area contributed by atoms with Crippen LogP contribution in [-0.2, 0) is 6.18 Å². The molecule has 2 amide bonds. The van der Waals surface area contributed by atoms with Crippen molar-refractivity contribution in [3.05, 3.63) is 59.2 Å². The minimum absolute atomic E-state index is 0.00700. The number of halogens is 3. The second kappa shape index (κ2) is 7.41. The highest BCUT2D eigenvalue weighted by atomic mass is 19.4. The van der Waals surface area contributed by atoms with Gasteiger partial charge in [-0.3, -0.25) is 4.79 Å². The predicted octanol–water partition coefficient (Wildman–Crippen LogP) is 4.39. The molecule has 0 bridgehead atoms. The molecule has 2 aromatic rings. The third kappa shape index (κ3) is 3.88. The van der Waals surface area contributed by atoms with Crippen molar-refractivity contribution in [3.8, 4) is 5.75 Å². The van der Waals surface area contributed by atoms with Crippen LogP contribution in [0.4, 0.5) is 23.7 Å². The Morgan fingerprint density at radius 3 is 2.61 bits per heavy atom. The summed E-state index contributed by atoms with van der Waals surface area (Å²) in [5.74, 6) is -0.411. The summed E-state index contributed by atoms with van der Waals surface area (Å²) in [7, 11) is 1.43. The number of nitrogens with one attached hydrogen (secondary N) is 1. The van der Waals surface area contributed by atoms with Crippen LogP contribution in [0.5, 0.6) is 5.75 Å². The number of carboxylic acid groups (broad SMARTS) is 1. The number of hydrogen-bond donors (Lipinski definition) is 2. The number of nitrogens with zero attached hydrogens (tertiary/aromatic N) is 1. The summed E-state index contributed by atoms with van der Waals surface area (Å²) in [5.41, 5.74) is -0.224. The minimum atomic E-state index is -4.52. The quantitative estimate of drug-likeness (QED) is 0.809. The number of anilines is 1. The first-order valence-corrected chi connectivity index (χ1v) is 8.38. The van der Waals surface area contributed by atoms with E-state index < -0.39 is 29.8 Å². The Morgan fingerprint density at radius 2 is 1.93 bits per heavy atom. The maximum absolute atomic E-state index is 12.9. The highest BCUT2D eigenvalue weighted by molar-refractivity contribution is 6.06. The van der Waals surface area contributed by atoms with E-state index in [4.69, 9.17) is 4.74 Å². The molecule has 2 aromatic carbocycles. The van der Waals surface area contributed by atoms with Crippen molar-refractivity contribution in [2.24, 2.45) is 0 Å². The number of fused-ring (bicyclic) bond motifs is 1. The zero-order valence-electron chi connectivity index (χ0n) is 14.8. The van der Waals surface area contributed by atoms with Crippen LogP contribution in [0, 0.1) is 0 Å². The van der Waals surface area contributed by atoms with Crippen molar-refractivity contribution in [2.45, 2.75) is 18.6 Å². The first kappa shape index (κ1) is 19.5. The second-order valence-electron chi connectivity index (χ2n) is 6.30. The molecule has 0 radical (unpaired) electrons. The molecular formula is C19H17F3N2O4. The largest absolute Gasteiger partial charge is 0.492 e. The average Bonchev–Trinajstić information content (AvgIpc) is 2.65. The van der Waals surface area contributed by atoms with Gasteiger partial charge in [0.1, 0.15) is 5.75 Å². The van der Waals surface area contributed by atoms with Gasteiger partial charge in [-0.25, -0.2) is 4.79 Å². The number of rotatable bonds is 3. The number of alkyl halides is 3. The first-order chi connectivity index (χ1) is 13.2. The third-order valence-corrected chi connectivity index (χ3v) is 4.50. The predicted molar refractivity (Wildman–Crippen MR) is 94.5 cm³/mol. The molecule has 1 aliphatic rings. The van der Waals surface area contributed by atoms with Crippen LogP contribution in [0.3, 0.4) is 0 Å². The number of carbonyl (C=O) groups is 2. The van der Waals surface area contributed by atoms with Crippen LogP contribution in [-0.4, -0.2) is 35.7 Å². The van der Waals surface area contributed by atoms with E-state index in [1.54, 1.807) is 12.1 Å². The molecule has 1 atom stereocenters. The monoisotopic (exact) mass is 394 g/mol. The summed E-state index contributed by atoms with van der Waals surface area (Å²) >= 11 is 0. The summed E-state index contributed by atoms with van der Waals surface area (Å²) < 4.78 is 44.1. The molecule has 0 saturated carbocycles. The smallest absolute Gasteiger partial charge is 0.416 e. The highest BCUT2D eigenvalue weighted by Crippen LogP contribution is 2.38. The van der Waals surface area contributed by atoms with E-state index in [-0.39, 0.29) is 23.6 Å². The summed E-state index contributed by atoms with van der Waals surface area (Å²) in [6.45, 7) is 0.211. The van der Waals surface area contributed by atoms with Gasteiger partial charge in [0.2, 0.25) is 0 Å². The number of hydrogen-bond acceptors (Lipinski definition) is 3. The minimum Gasteiger partial charge on any atom is -0.492 e. The summed E-state index contributed by atoms with van der Waals surface area (Å²) in [5, 5.41) is 11.7. The van der Waals surface area contributed by atoms with Crippen molar-refractivity contribution < 1.29 is 32.6 Å². The highest BCUT2D eigenvalue weighted by Gasteiger charge is 2.32. The molecule has 0 unspecified atom stereocenters. The molecule has 9 heteroatoms. The van der Waals surface area contributed by atoms with Crippen molar-refractivity contribution in [1.29, 1.82) is 0 Å². The van der Waals surface area contributed by atoms with Crippen LogP contribution in [0.2, 0.25) is 0 Å². The summed E-state index contributed by atoms with van der Waals surface area (Å²) in [6, 6.07) is 8.55. The van der Waals surface area contributed by atoms with Crippen LogP contribution in [0.1, 0.15) is 33.9 Å². The molecular weight excluding hydrogens is 377 g/mol. The zero-order valence-corrected chi connectivity index (χ0v) is 14.8. The molecule has 1 heterocycles. The molecule has 1 aliphatic heterocycles. The molecule has 6 nitrogen and oxygen atoms in total. The Hall–Kier alpha value is -3.23. The van der Waals surface area contributed by atoms with Crippen LogP contribution in [0.25, 0.3) is 0 Å². The summed E-state index contributed by atoms with van der Waals surface area (Å²) in [6.07, 6.45) is -5.21. The van der Waals surface area contributed by atoms with E-state index >= 15 is 0 Å². The van der Waals surface area contributed by atoms with E-state index in [9.17, 15) is 27.9 Å². The topological polar surface area (TPSA) is 78.9 Å². The fourth-order valence-corrected chi connectivity index (χ4v) is 3.09. The average molecular weight is 394 g/mol. The first-order valence-electron chi connectivity index (χ1n) is 8.38. The number of benzene rings is 2. The Bertz CT molecular complexity index is 914. The van der Waals surface area contributed by atoms with E-state index in [1.807, 2.05) is 0 Å². The number of carbonyl (C=O) groups excluding carboxylic acids is 1. The Balaban J connectivity index is 1.90. The summed E-state index contributed by atoms with van der Waals surface area (Å²) in [4.78, 5) is 25.1. The van der Waals surface area contributed by atoms with Gasteiger partial charge < -0.3 is 20.1 Å². The fraction of sp³-hybridized carbons (Fsp3) is 0.263. The lowest BCUT2D eigenvalue weighted by atomic mass is 9.96. The third-order valence-electron chi connectivity index (χ3n) is 4.50. The van der Waals surface area contributed by atoms with Gasteiger partial charge in [-0.2, -0.15) is 13.2 Å². The molecule has 0 fully saturated rings. The van der Waals surface area contributed by atoms with Gasteiger partial charge in [-0.15, -0.1) is 0 Å². The second-order valence-corrected chi connectivity index (χ2v) is 6.30. The van der Waals surface area contributed by atoms with E-state index in [2.05, 4.69) is 5.32 Å². The Labute approximate surface area is 158 Å². The lowest BCUT2D eigenvalue weighted by Crippen LogP contribution is -2.33. The zero-order chi connectivity index (χ0) is 20.5. The van der Waals surface area contributed by atoms with Gasteiger partial charge >= 0.3 is 12.3 Å².